The number of aromatic nitrogens is 3. The van der Waals surface area contributed by atoms with Crippen LogP contribution < -0.4 is 10.1 Å². The largest absolute Gasteiger partial charge is 0.497 e. The van der Waals surface area contributed by atoms with Gasteiger partial charge in [0, 0.05) is 16.0 Å². The van der Waals surface area contributed by atoms with E-state index in [1.807, 2.05) is 60.0 Å². The molecule has 140 valence electrons. The van der Waals surface area contributed by atoms with Crippen molar-refractivity contribution < 1.29 is 9.53 Å². The van der Waals surface area contributed by atoms with Gasteiger partial charge in [-0.15, -0.1) is 16.4 Å². The summed E-state index contributed by atoms with van der Waals surface area (Å²) in [5.41, 5.74) is 1.35. The number of nitrogens with one attached hydrogen (secondary N) is 1. The Morgan fingerprint density at radius 3 is 2.54 bits per heavy atom. The third-order valence-electron chi connectivity index (χ3n) is 4.17. The van der Waals surface area contributed by atoms with Crippen LogP contribution in [0.3, 0.4) is 0 Å². The zero-order valence-electron chi connectivity index (χ0n) is 15.2. The van der Waals surface area contributed by atoms with Crippen molar-refractivity contribution in [2.45, 2.75) is 6.54 Å². The van der Waals surface area contributed by atoms with E-state index in [9.17, 15) is 4.79 Å². The summed E-state index contributed by atoms with van der Waals surface area (Å²) in [5.74, 6) is 1.40. The molecule has 2 heterocycles. The molecule has 0 aliphatic carbocycles. The summed E-state index contributed by atoms with van der Waals surface area (Å²) < 4.78 is 6.52. The van der Waals surface area contributed by atoms with E-state index in [-0.39, 0.29) is 5.91 Å². The van der Waals surface area contributed by atoms with E-state index in [0.717, 1.165) is 16.2 Å². The van der Waals surface area contributed by atoms with Gasteiger partial charge in [0.05, 0.1) is 13.7 Å². The first-order valence-electron chi connectivity index (χ1n) is 8.72. The molecule has 28 heavy (non-hydrogen) atoms. The van der Waals surface area contributed by atoms with E-state index in [2.05, 4.69) is 15.4 Å². The number of carbonyl (C=O) groups is 1. The summed E-state index contributed by atoms with van der Waals surface area (Å²) in [5, 5.41) is 9.72. The molecule has 4 aromatic rings. The molecular weight excluding hydrogens is 372 g/mol. The van der Waals surface area contributed by atoms with Gasteiger partial charge < -0.3 is 10.1 Å². The van der Waals surface area contributed by atoms with Crippen LogP contribution in [0.1, 0.15) is 15.2 Å². The highest BCUT2D eigenvalue weighted by Gasteiger charge is 2.18. The molecule has 0 atom stereocenters. The Morgan fingerprint density at radius 1 is 1.07 bits per heavy atom. The van der Waals surface area contributed by atoms with Crippen LogP contribution in [-0.2, 0) is 6.54 Å². The van der Waals surface area contributed by atoms with Crippen LogP contribution in [0.25, 0.3) is 11.4 Å². The number of carbonyl (C=O) groups excluding carboxylic acids is 1. The van der Waals surface area contributed by atoms with Crippen LogP contribution in [0.5, 0.6) is 5.75 Å². The van der Waals surface area contributed by atoms with Crippen molar-refractivity contribution in [1.29, 1.82) is 0 Å². The lowest BCUT2D eigenvalue weighted by molar-refractivity contribution is 0.0947. The van der Waals surface area contributed by atoms with E-state index in [1.54, 1.807) is 30.6 Å². The minimum Gasteiger partial charge on any atom is -0.497 e. The Bertz CT molecular complexity index is 1060. The number of benzene rings is 2. The molecule has 0 fully saturated rings. The summed E-state index contributed by atoms with van der Waals surface area (Å²) in [4.78, 5) is 18.7. The van der Waals surface area contributed by atoms with Crippen LogP contribution in [-0.4, -0.2) is 27.8 Å². The second kappa shape index (κ2) is 8.06. The van der Waals surface area contributed by atoms with Crippen molar-refractivity contribution >= 4 is 23.2 Å². The highest BCUT2D eigenvalue weighted by Crippen LogP contribution is 2.22. The molecule has 0 spiro atoms. The molecule has 7 heteroatoms. The zero-order valence-corrected chi connectivity index (χ0v) is 16.0. The number of methoxy groups -OCH3 is 1. The van der Waals surface area contributed by atoms with E-state index in [1.165, 1.54) is 4.68 Å². The van der Waals surface area contributed by atoms with E-state index >= 15 is 0 Å². The lowest BCUT2D eigenvalue weighted by atomic mass is 10.2. The van der Waals surface area contributed by atoms with Gasteiger partial charge in [-0.3, -0.25) is 4.79 Å². The molecule has 0 amide bonds. The average molecular weight is 390 g/mol. The van der Waals surface area contributed by atoms with Gasteiger partial charge in [-0.05, 0) is 47.8 Å². The molecule has 4 rings (SSSR count). The average Bonchev–Trinajstić information content (AvgIpc) is 3.42. The lowest BCUT2D eigenvalue weighted by Gasteiger charge is -2.06. The Morgan fingerprint density at radius 2 is 1.86 bits per heavy atom. The molecule has 0 bridgehead atoms. The summed E-state index contributed by atoms with van der Waals surface area (Å²) in [6.45, 7) is 0.570. The van der Waals surface area contributed by atoms with E-state index in [0.29, 0.717) is 23.9 Å². The van der Waals surface area contributed by atoms with Crippen LogP contribution in [0.2, 0.25) is 0 Å². The molecule has 0 aliphatic rings. The molecule has 2 aromatic heterocycles. The Hall–Kier alpha value is -3.45. The summed E-state index contributed by atoms with van der Waals surface area (Å²) >= 11 is 1.64. The number of hydrogen-bond acceptors (Lipinski definition) is 6. The topological polar surface area (TPSA) is 69.0 Å². The Balaban J connectivity index is 1.69. The van der Waals surface area contributed by atoms with Crippen molar-refractivity contribution in [3.05, 3.63) is 82.6 Å². The monoisotopic (exact) mass is 390 g/mol. The highest BCUT2D eigenvalue weighted by atomic mass is 32.1. The Labute approximate surface area is 166 Å². The molecular formula is C21H18N4O2S. The number of anilines is 1. The standard InChI is InChI=1S/C21H18N4O2S/c1-27-17-11-9-15(10-12-17)19-23-21(22-14-18-8-5-13-28-18)25(24-19)20(26)16-6-3-2-4-7-16/h2-13H,14H2,1H3,(H,22,23,24). The third kappa shape index (κ3) is 3.79. The van der Waals surface area contributed by atoms with Crippen LogP contribution in [0.15, 0.2) is 72.1 Å². The van der Waals surface area contributed by atoms with Gasteiger partial charge in [0.1, 0.15) is 5.75 Å². The van der Waals surface area contributed by atoms with Crippen molar-refractivity contribution in [3.63, 3.8) is 0 Å². The van der Waals surface area contributed by atoms with E-state index in [4.69, 9.17) is 4.74 Å². The SMILES string of the molecule is COc1ccc(-c2nc(NCc3cccs3)n(C(=O)c3ccccc3)n2)cc1. The number of ether oxygens (including phenoxy) is 1. The summed E-state index contributed by atoms with van der Waals surface area (Å²) in [6.07, 6.45) is 0. The maximum Gasteiger partial charge on any atom is 0.281 e. The van der Waals surface area contributed by atoms with Gasteiger partial charge in [-0.1, -0.05) is 24.3 Å². The molecule has 0 saturated carbocycles. The second-order valence-electron chi connectivity index (χ2n) is 6.00. The molecule has 0 aliphatic heterocycles. The molecule has 0 saturated heterocycles. The Kier molecular flexibility index (Phi) is 5.16. The third-order valence-corrected chi connectivity index (χ3v) is 5.05. The smallest absolute Gasteiger partial charge is 0.281 e. The lowest BCUT2D eigenvalue weighted by Crippen LogP contribution is -2.17. The van der Waals surface area contributed by atoms with Gasteiger partial charge in [0.2, 0.25) is 5.95 Å². The van der Waals surface area contributed by atoms with E-state index < -0.39 is 0 Å². The van der Waals surface area contributed by atoms with Crippen molar-refractivity contribution in [1.82, 2.24) is 14.8 Å². The first-order chi connectivity index (χ1) is 13.7. The quantitative estimate of drug-likeness (QED) is 0.531. The number of nitrogens with zero attached hydrogens (tertiary/aromatic N) is 3. The van der Waals surface area contributed by atoms with Crippen molar-refractivity contribution in [3.8, 4) is 17.1 Å². The first-order valence-corrected chi connectivity index (χ1v) is 9.60. The van der Waals surface area contributed by atoms with Crippen molar-refractivity contribution in [2.24, 2.45) is 0 Å². The zero-order chi connectivity index (χ0) is 19.3. The molecule has 0 unspecified atom stereocenters. The molecule has 0 radical (unpaired) electrons. The van der Waals surface area contributed by atoms with Gasteiger partial charge in [0.15, 0.2) is 5.82 Å². The van der Waals surface area contributed by atoms with Gasteiger partial charge >= 0.3 is 0 Å². The fourth-order valence-corrected chi connectivity index (χ4v) is 3.36. The first kappa shape index (κ1) is 17.9. The fraction of sp³-hybridized carbons (Fsp3) is 0.0952. The normalized spacial score (nSPS) is 10.6. The minimum atomic E-state index is -0.235. The summed E-state index contributed by atoms with van der Waals surface area (Å²) in [6, 6.07) is 20.5. The minimum absolute atomic E-state index is 0.235. The second-order valence-corrected chi connectivity index (χ2v) is 7.04. The van der Waals surface area contributed by atoms with Gasteiger partial charge in [0.25, 0.3) is 5.91 Å². The van der Waals surface area contributed by atoms with Gasteiger partial charge in [-0.2, -0.15) is 9.67 Å². The predicted octanol–water partition coefficient (Wildman–Crippen LogP) is 4.32. The number of rotatable bonds is 6. The molecule has 6 nitrogen and oxygen atoms in total. The van der Waals surface area contributed by atoms with Gasteiger partial charge in [-0.25, -0.2) is 0 Å². The van der Waals surface area contributed by atoms with Crippen LogP contribution in [0.4, 0.5) is 5.95 Å². The maximum absolute atomic E-state index is 13.0. The fourth-order valence-electron chi connectivity index (χ4n) is 2.71. The maximum atomic E-state index is 13.0. The predicted molar refractivity (Wildman–Crippen MR) is 110 cm³/mol. The molecule has 2 aromatic carbocycles. The van der Waals surface area contributed by atoms with Crippen LogP contribution in [0, 0.1) is 0 Å². The number of hydrogen-bond donors (Lipinski definition) is 1. The number of thiophene rings is 1. The van der Waals surface area contributed by atoms with Crippen molar-refractivity contribution in [2.75, 3.05) is 12.4 Å². The van der Waals surface area contributed by atoms with Crippen LogP contribution >= 0.6 is 11.3 Å². The molecule has 1 N–H and O–H groups in total. The highest BCUT2D eigenvalue weighted by molar-refractivity contribution is 7.09. The summed E-state index contributed by atoms with van der Waals surface area (Å²) in [7, 11) is 1.62.